The lowest BCUT2D eigenvalue weighted by molar-refractivity contribution is -0.139. The molecule has 0 fully saturated rings. The third-order valence-corrected chi connectivity index (χ3v) is 2.69. The van der Waals surface area contributed by atoms with Crippen molar-refractivity contribution in [1.29, 1.82) is 0 Å². The average molecular weight is 293 g/mol. The molecule has 0 radical (unpaired) electrons. The van der Waals surface area contributed by atoms with Crippen molar-refractivity contribution in [3.05, 3.63) is 35.7 Å². The summed E-state index contributed by atoms with van der Waals surface area (Å²) in [6, 6.07) is 0.0339. The highest BCUT2D eigenvalue weighted by atomic mass is 16.5. The van der Waals surface area contributed by atoms with Crippen molar-refractivity contribution < 1.29 is 19.2 Å². The lowest BCUT2D eigenvalue weighted by Crippen LogP contribution is -2.47. The van der Waals surface area contributed by atoms with Gasteiger partial charge in [-0.15, -0.1) is 0 Å². The van der Waals surface area contributed by atoms with Crippen molar-refractivity contribution in [1.82, 2.24) is 25.8 Å². The summed E-state index contributed by atoms with van der Waals surface area (Å²) in [7, 11) is 0. The van der Waals surface area contributed by atoms with Gasteiger partial charge in [0, 0.05) is 24.4 Å². The van der Waals surface area contributed by atoms with Gasteiger partial charge in [0.25, 0.3) is 0 Å². The first-order valence-corrected chi connectivity index (χ1v) is 6.21. The van der Waals surface area contributed by atoms with Gasteiger partial charge in [-0.2, -0.15) is 0 Å². The van der Waals surface area contributed by atoms with Crippen molar-refractivity contribution in [2.45, 2.75) is 25.9 Å². The summed E-state index contributed by atoms with van der Waals surface area (Å²) in [5.74, 6) is -0.494. The molecule has 1 atom stereocenters. The van der Waals surface area contributed by atoms with Crippen molar-refractivity contribution in [3.63, 3.8) is 0 Å². The summed E-state index contributed by atoms with van der Waals surface area (Å²) in [4.78, 5) is 29.4. The number of nitrogens with one attached hydrogen (secondary N) is 3. The van der Waals surface area contributed by atoms with E-state index in [1.54, 1.807) is 13.0 Å². The number of carboxylic acid groups (broad SMARTS) is 1. The highest BCUT2D eigenvalue weighted by Gasteiger charge is 2.21. The molecule has 9 heteroatoms. The minimum absolute atomic E-state index is 0.117. The van der Waals surface area contributed by atoms with Gasteiger partial charge in [-0.05, 0) is 6.92 Å². The predicted molar refractivity (Wildman–Crippen MR) is 70.3 cm³/mol. The van der Waals surface area contributed by atoms with Gasteiger partial charge in [-0.3, -0.25) is 0 Å². The first-order chi connectivity index (χ1) is 10.0. The van der Waals surface area contributed by atoms with Crippen LogP contribution in [-0.4, -0.2) is 38.3 Å². The Morgan fingerprint density at radius 3 is 2.90 bits per heavy atom. The number of aromatic nitrogens is 3. The summed E-state index contributed by atoms with van der Waals surface area (Å²) in [6.07, 6.45) is 3.07. The van der Waals surface area contributed by atoms with Gasteiger partial charge in [-0.1, -0.05) is 5.16 Å². The van der Waals surface area contributed by atoms with E-state index in [0.29, 0.717) is 17.1 Å². The van der Waals surface area contributed by atoms with Gasteiger partial charge in [-0.25, -0.2) is 14.6 Å². The smallest absolute Gasteiger partial charge is 0.326 e. The summed E-state index contributed by atoms with van der Waals surface area (Å²) < 4.78 is 4.86. The Morgan fingerprint density at radius 1 is 1.52 bits per heavy atom. The molecular formula is C12H15N5O4. The van der Waals surface area contributed by atoms with Gasteiger partial charge in [0.05, 0.1) is 12.9 Å². The van der Waals surface area contributed by atoms with Crippen LogP contribution in [0.25, 0.3) is 0 Å². The number of carbonyl (C=O) groups is 2. The minimum Gasteiger partial charge on any atom is -0.480 e. The van der Waals surface area contributed by atoms with Crippen LogP contribution >= 0.6 is 0 Å². The maximum absolute atomic E-state index is 11.7. The average Bonchev–Trinajstić information content (AvgIpc) is 3.07. The van der Waals surface area contributed by atoms with Crippen molar-refractivity contribution in [3.8, 4) is 0 Å². The molecule has 0 bridgehead atoms. The third-order valence-electron chi connectivity index (χ3n) is 2.69. The molecule has 2 rings (SSSR count). The molecule has 9 nitrogen and oxygen atoms in total. The summed E-state index contributed by atoms with van der Waals surface area (Å²) >= 11 is 0. The minimum atomic E-state index is -1.13. The number of hydrogen-bond acceptors (Lipinski definition) is 5. The Bertz CT molecular complexity index is 607. The molecule has 1 unspecified atom stereocenters. The summed E-state index contributed by atoms with van der Waals surface area (Å²) in [5, 5.41) is 17.7. The van der Waals surface area contributed by atoms with Crippen molar-refractivity contribution >= 4 is 12.0 Å². The molecule has 2 aromatic heterocycles. The van der Waals surface area contributed by atoms with E-state index in [-0.39, 0.29) is 13.0 Å². The molecule has 0 aliphatic rings. The monoisotopic (exact) mass is 293 g/mol. The standard InChI is InChI=1S/C12H15N5O4/c1-7-2-9(17-21-7)5-14-12(20)16-10(11(18)19)3-8-4-13-6-15-8/h2,4,6,10H,3,5H2,1H3,(H,13,15)(H,18,19)(H2,14,16,20). The van der Waals surface area contributed by atoms with Gasteiger partial charge in [0.2, 0.25) is 0 Å². The number of aliphatic carboxylic acids is 1. The van der Waals surface area contributed by atoms with Crippen LogP contribution in [0, 0.1) is 6.92 Å². The van der Waals surface area contributed by atoms with Crippen LogP contribution in [0.4, 0.5) is 4.79 Å². The van der Waals surface area contributed by atoms with Gasteiger partial charge in [0.1, 0.15) is 17.5 Å². The molecule has 112 valence electrons. The second-order valence-electron chi connectivity index (χ2n) is 4.43. The third kappa shape index (κ3) is 4.34. The molecule has 0 spiro atoms. The SMILES string of the molecule is Cc1cc(CNC(=O)NC(Cc2cnc[nH]2)C(=O)O)no1. The fourth-order valence-electron chi connectivity index (χ4n) is 1.70. The first kappa shape index (κ1) is 14.6. The van der Waals surface area contributed by atoms with E-state index in [2.05, 4.69) is 25.8 Å². The molecule has 2 amide bonds. The quantitative estimate of drug-likeness (QED) is 0.601. The van der Waals surface area contributed by atoms with E-state index < -0.39 is 18.0 Å². The number of carbonyl (C=O) groups excluding carboxylic acids is 1. The maximum Gasteiger partial charge on any atom is 0.326 e. The topological polar surface area (TPSA) is 133 Å². The molecule has 0 aliphatic carbocycles. The van der Waals surface area contributed by atoms with E-state index in [4.69, 9.17) is 9.63 Å². The zero-order valence-corrected chi connectivity index (χ0v) is 11.3. The van der Waals surface area contributed by atoms with Crippen LogP contribution in [0.2, 0.25) is 0 Å². The Morgan fingerprint density at radius 2 is 2.33 bits per heavy atom. The number of amides is 2. The Balaban J connectivity index is 1.84. The number of H-pyrrole nitrogens is 1. The normalized spacial score (nSPS) is 11.9. The lowest BCUT2D eigenvalue weighted by Gasteiger charge is -2.13. The lowest BCUT2D eigenvalue weighted by atomic mass is 10.2. The number of aromatic amines is 1. The van der Waals surface area contributed by atoms with E-state index in [9.17, 15) is 9.59 Å². The van der Waals surface area contributed by atoms with Crippen molar-refractivity contribution in [2.75, 3.05) is 0 Å². The zero-order chi connectivity index (χ0) is 15.2. The highest BCUT2D eigenvalue weighted by Crippen LogP contribution is 2.01. The van der Waals surface area contributed by atoms with Gasteiger partial charge >= 0.3 is 12.0 Å². The van der Waals surface area contributed by atoms with Crippen LogP contribution < -0.4 is 10.6 Å². The Kier molecular flexibility index (Phi) is 4.54. The molecule has 0 aliphatic heterocycles. The molecule has 2 heterocycles. The second-order valence-corrected chi connectivity index (χ2v) is 4.43. The van der Waals surface area contributed by atoms with Crippen LogP contribution in [0.15, 0.2) is 23.1 Å². The molecule has 0 aromatic carbocycles. The van der Waals surface area contributed by atoms with Crippen LogP contribution in [0.1, 0.15) is 17.1 Å². The summed E-state index contributed by atoms with van der Waals surface area (Å²) in [5.41, 5.74) is 1.18. The highest BCUT2D eigenvalue weighted by molar-refractivity contribution is 5.82. The summed E-state index contributed by atoms with van der Waals surface area (Å²) in [6.45, 7) is 1.89. The fourth-order valence-corrected chi connectivity index (χ4v) is 1.70. The van der Waals surface area contributed by atoms with Crippen LogP contribution in [-0.2, 0) is 17.8 Å². The predicted octanol–water partition coefficient (Wildman–Crippen LogP) is 0.201. The first-order valence-electron chi connectivity index (χ1n) is 6.21. The van der Waals surface area contributed by atoms with E-state index in [1.165, 1.54) is 12.5 Å². The van der Waals surface area contributed by atoms with E-state index in [0.717, 1.165) is 0 Å². The van der Waals surface area contributed by atoms with Gasteiger partial charge in [0.15, 0.2) is 0 Å². The number of urea groups is 1. The Labute approximate surface area is 119 Å². The number of hydrogen-bond donors (Lipinski definition) is 4. The number of rotatable bonds is 6. The Hall–Kier alpha value is -2.84. The number of imidazole rings is 1. The zero-order valence-electron chi connectivity index (χ0n) is 11.3. The fraction of sp³-hybridized carbons (Fsp3) is 0.333. The number of aryl methyl sites for hydroxylation is 1. The van der Waals surface area contributed by atoms with Crippen LogP contribution in [0.5, 0.6) is 0 Å². The number of carboxylic acids is 1. The number of nitrogens with zero attached hydrogens (tertiary/aromatic N) is 2. The molecule has 0 saturated heterocycles. The van der Waals surface area contributed by atoms with E-state index >= 15 is 0 Å². The van der Waals surface area contributed by atoms with Crippen molar-refractivity contribution in [2.24, 2.45) is 0 Å². The molecule has 4 N–H and O–H groups in total. The molecule has 21 heavy (non-hydrogen) atoms. The molecule has 0 saturated carbocycles. The maximum atomic E-state index is 11.7. The largest absolute Gasteiger partial charge is 0.480 e. The molecule has 2 aromatic rings. The second kappa shape index (κ2) is 6.55. The van der Waals surface area contributed by atoms with Crippen LogP contribution in [0.3, 0.4) is 0 Å². The molecular weight excluding hydrogens is 278 g/mol. The van der Waals surface area contributed by atoms with Gasteiger partial charge < -0.3 is 25.2 Å². The van der Waals surface area contributed by atoms with E-state index in [1.807, 2.05) is 0 Å².